The van der Waals surface area contributed by atoms with Crippen molar-refractivity contribution in [1.29, 1.82) is 0 Å². The van der Waals surface area contributed by atoms with Crippen LogP contribution in [0.2, 0.25) is 0 Å². The molecule has 0 saturated carbocycles. The van der Waals surface area contributed by atoms with Crippen LogP contribution in [0.15, 0.2) is 0 Å². The monoisotopic (exact) mass is 137 g/mol. The molecule has 0 heterocycles. The first kappa shape index (κ1) is 9.56. The standard InChI is InChI=1S/C10H17/c1-4-5-6-7-8-9-10(2)3/h10H,1,6-9H2,2-3H3. The molecule has 0 nitrogen and oxygen atoms in total. The number of hydrogen-bond donors (Lipinski definition) is 0. The Hall–Kier alpha value is -0.440. The Balaban J connectivity index is 2.96. The van der Waals surface area contributed by atoms with Crippen molar-refractivity contribution in [3.8, 4) is 11.8 Å². The van der Waals surface area contributed by atoms with Crippen LogP contribution in [-0.2, 0) is 0 Å². The Morgan fingerprint density at radius 3 is 2.50 bits per heavy atom. The number of hydrogen-bond acceptors (Lipinski definition) is 0. The van der Waals surface area contributed by atoms with Crippen molar-refractivity contribution in [3.63, 3.8) is 0 Å². The van der Waals surface area contributed by atoms with Crippen molar-refractivity contribution in [2.45, 2.75) is 39.5 Å². The van der Waals surface area contributed by atoms with Gasteiger partial charge in [0.05, 0.1) is 0 Å². The quantitative estimate of drug-likeness (QED) is 0.412. The Kier molecular flexibility index (Phi) is 6.38. The fourth-order valence-corrected chi connectivity index (χ4v) is 0.854. The van der Waals surface area contributed by atoms with Crippen LogP contribution in [0.3, 0.4) is 0 Å². The van der Waals surface area contributed by atoms with Gasteiger partial charge >= 0.3 is 0 Å². The molecule has 0 amide bonds. The zero-order valence-electron chi connectivity index (χ0n) is 7.11. The van der Waals surface area contributed by atoms with Gasteiger partial charge < -0.3 is 0 Å². The van der Waals surface area contributed by atoms with E-state index < -0.39 is 0 Å². The van der Waals surface area contributed by atoms with E-state index in [0.29, 0.717) is 0 Å². The average molecular weight is 137 g/mol. The fraction of sp³-hybridized carbons (Fsp3) is 0.700. The fourth-order valence-electron chi connectivity index (χ4n) is 0.854. The minimum absolute atomic E-state index is 0.840. The predicted octanol–water partition coefficient (Wildman–Crippen LogP) is 3.04. The molecule has 0 aromatic rings. The van der Waals surface area contributed by atoms with Gasteiger partial charge in [0.1, 0.15) is 0 Å². The average Bonchev–Trinajstić information content (AvgIpc) is 1.87. The van der Waals surface area contributed by atoms with Gasteiger partial charge in [0.2, 0.25) is 0 Å². The lowest BCUT2D eigenvalue weighted by Crippen LogP contribution is -1.85. The van der Waals surface area contributed by atoms with Crippen molar-refractivity contribution in [2.24, 2.45) is 5.92 Å². The van der Waals surface area contributed by atoms with Crippen molar-refractivity contribution in [3.05, 3.63) is 6.92 Å². The highest BCUT2D eigenvalue weighted by atomic mass is 14.0. The highest BCUT2D eigenvalue weighted by Gasteiger charge is 1.91. The van der Waals surface area contributed by atoms with Gasteiger partial charge in [-0.25, -0.2) is 0 Å². The van der Waals surface area contributed by atoms with E-state index in [2.05, 4.69) is 32.6 Å². The molecule has 0 spiro atoms. The highest BCUT2D eigenvalue weighted by molar-refractivity contribution is 5.00. The van der Waals surface area contributed by atoms with Crippen LogP contribution < -0.4 is 0 Å². The molecule has 0 atom stereocenters. The normalized spacial score (nSPS) is 9.20. The van der Waals surface area contributed by atoms with Crippen LogP contribution >= 0.6 is 0 Å². The Morgan fingerprint density at radius 1 is 1.30 bits per heavy atom. The SMILES string of the molecule is [CH2]C#CCCCCC(C)C. The summed E-state index contributed by atoms with van der Waals surface area (Å²) in [4.78, 5) is 0. The van der Waals surface area contributed by atoms with E-state index in [1.165, 1.54) is 19.3 Å². The van der Waals surface area contributed by atoms with Gasteiger partial charge in [0.25, 0.3) is 0 Å². The van der Waals surface area contributed by atoms with E-state index in [0.717, 1.165) is 12.3 Å². The van der Waals surface area contributed by atoms with Gasteiger partial charge in [-0.3, -0.25) is 0 Å². The summed E-state index contributed by atoms with van der Waals surface area (Å²) in [5.41, 5.74) is 0. The molecule has 0 aliphatic carbocycles. The van der Waals surface area contributed by atoms with E-state index in [9.17, 15) is 0 Å². The molecule has 0 aromatic carbocycles. The number of unbranched alkanes of at least 4 members (excludes halogenated alkanes) is 2. The highest BCUT2D eigenvalue weighted by Crippen LogP contribution is 2.06. The largest absolute Gasteiger partial charge is 0.103 e. The molecule has 0 N–H and O–H groups in total. The van der Waals surface area contributed by atoms with E-state index >= 15 is 0 Å². The lowest BCUT2D eigenvalue weighted by atomic mass is 10.1. The van der Waals surface area contributed by atoms with Gasteiger partial charge in [0.15, 0.2) is 0 Å². The first-order valence-corrected chi connectivity index (χ1v) is 4.02. The minimum atomic E-state index is 0.840. The summed E-state index contributed by atoms with van der Waals surface area (Å²) in [7, 11) is 0. The van der Waals surface area contributed by atoms with Gasteiger partial charge in [-0.1, -0.05) is 26.7 Å². The summed E-state index contributed by atoms with van der Waals surface area (Å²) < 4.78 is 0. The molecule has 0 aliphatic rings. The van der Waals surface area contributed by atoms with Crippen molar-refractivity contribution in [2.75, 3.05) is 0 Å². The summed E-state index contributed by atoms with van der Waals surface area (Å²) in [6.07, 6.45) is 4.90. The summed E-state index contributed by atoms with van der Waals surface area (Å²) in [6, 6.07) is 0. The Morgan fingerprint density at radius 2 is 2.00 bits per heavy atom. The third-order valence-electron chi connectivity index (χ3n) is 1.46. The van der Waals surface area contributed by atoms with Crippen LogP contribution in [0.4, 0.5) is 0 Å². The molecule has 57 valence electrons. The summed E-state index contributed by atoms with van der Waals surface area (Å²) in [6.45, 7) is 7.97. The first-order valence-electron chi connectivity index (χ1n) is 4.02. The summed E-state index contributed by atoms with van der Waals surface area (Å²) in [5.74, 6) is 6.46. The smallest absolute Gasteiger partial charge is 0.0198 e. The van der Waals surface area contributed by atoms with Crippen molar-refractivity contribution >= 4 is 0 Å². The second-order valence-corrected chi connectivity index (χ2v) is 2.99. The lowest BCUT2D eigenvalue weighted by Gasteiger charge is -2.00. The van der Waals surface area contributed by atoms with Gasteiger partial charge in [-0.2, -0.15) is 0 Å². The molecule has 0 fully saturated rings. The molecular formula is C10H17. The maximum Gasteiger partial charge on any atom is 0.0198 e. The summed E-state index contributed by atoms with van der Waals surface area (Å²) >= 11 is 0. The topological polar surface area (TPSA) is 0 Å². The molecule has 0 unspecified atom stereocenters. The molecule has 0 heteroatoms. The van der Waals surface area contributed by atoms with Gasteiger partial charge in [-0.05, 0) is 12.3 Å². The maximum atomic E-state index is 3.46. The van der Waals surface area contributed by atoms with Crippen LogP contribution in [0.5, 0.6) is 0 Å². The molecule has 0 saturated heterocycles. The molecule has 1 radical (unpaired) electrons. The zero-order valence-corrected chi connectivity index (χ0v) is 7.11. The second kappa shape index (κ2) is 6.68. The third kappa shape index (κ3) is 7.56. The van der Waals surface area contributed by atoms with Gasteiger partial charge in [0, 0.05) is 13.3 Å². The summed E-state index contributed by atoms with van der Waals surface area (Å²) in [5, 5.41) is 0. The van der Waals surface area contributed by atoms with Crippen LogP contribution in [0, 0.1) is 24.7 Å². The predicted molar refractivity (Wildman–Crippen MR) is 46.4 cm³/mol. The van der Waals surface area contributed by atoms with Gasteiger partial charge in [-0.15, -0.1) is 11.8 Å². The van der Waals surface area contributed by atoms with E-state index in [1.807, 2.05) is 0 Å². The molecule has 10 heavy (non-hydrogen) atoms. The van der Waals surface area contributed by atoms with E-state index in [-0.39, 0.29) is 0 Å². The third-order valence-corrected chi connectivity index (χ3v) is 1.46. The zero-order chi connectivity index (χ0) is 7.82. The van der Waals surface area contributed by atoms with Crippen LogP contribution in [-0.4, -0.2) is 0 Å². The first-order chi connectivity index (χ1) is 4.77. The second-order valence-electron chi connectivity index (χ2n) is 2.99. The molecule has 0 bridgehead atoms. The van der Waals surface area contributed by atoms with Crippen molar-refractivity contribution in [1.82, 2.24) is 0 Å². The van der Waals surface area contributed by atoms with Crippen LogP contribution in [0.25, 0.3) is 0 Å². The molecule has 0 aliphatic heterocycles. The minimum Gasteiger partial charge on any atom is -0.103 e. The Bertz CT molecular complexity index is 112. The molecular weight excluding hydrogens is 120 g/mol. The molecule has 0 rings (SSSR count). The van der Waals surface area contributed by atoms with Crippen LogP contribution in [0.1, 0.15) is 39.5 Å². The lowest BCUT2D eigenvalue weighted by molar-refractivity contribution is 0.542. The Labute approximate surface area is 65.0 Å². The molecule has 0 aromatic heterocycles. The van der Waals surface area contributed by atoms with Crippen molar-refractivity contribution < 1.29 is 0 Å². The number of rotatable bonds is 4. The van der Waals surface area contributed by atoms with E-state index in [4.69, 9.17) is 0 Å². The maximum absolute atomic E-state index is 3.46. The van der Waals surface area contributed by atoms with E-state index in [1.54, 1.807) is 0 Å².